The summed E-state index contributed by atoms with van der Waals surface area (Å²) in [5, 5.41) is 8.56. The predicted octanol–water partition coefficient (Wildman–Crippen LogP) is 5.91. The van der Waals surface area contributed by atoms with E-state index in [1.165, 1.54) is 46.9 Å². The van der Waals surface area contributed by atoms with E-state index >= 15 is 4.79 Å². The van der Waals surface area contributed by atoms with Crippen molar-refractivity contribution in [3.63, 3.8) is 0 Å². The van der Waals surface area contributed by atoms with Gasteiger partial charge in [-0.25, -0.2) is 19.2 Å². The monoisotopic (exact) mass is 1110 g/mol. The molecule has 0 N–H and O–H groups in total. The normalized spacial score (nSPS) is 25.3. The Morgan fingerprint density at radius 1 is 0.500 bits per heavy atom. The molecule has 20 heteroatoms. The van der Waals surface area contributed by atoms with E-state index in [-0.39, 0.29) is 56.3 Å². The maximum absolute atomic E-state index is 15.1. The van der Waals surface area contributed by atoms with Crippen LogP contribution in [0.3, 0.4) is 0 Å². The van der Waals surface area contributed by atoms with Gasteiger partial charge in [0.25, 0.3) is 23.6 Å². The molecule has 2 fully saturated rings. The molecule has 0 bridgehead atoms. The molecular formula is C60H82N8O12. The second-order valence-corrected chi connectivity index (χ2v) is 23.5. The van der Waals surface area contributed by atoms with Crippen molar-refractivity contribution in [2.75, 3.05) is 28.2 Å². The highest BCUT2D eigenvalue weighted by Crippen LogP contribution is 2.60. The van der Waals surface area contributed by atoms with E-state index in [0.29, 0.717) is 24.2 Å². The second-order valence-electron chi connectivity index (χ2n) is 23.5. The number of rotatable bonds is 14. The van der Waals surface area contributed by atoms with E-state index in [1.54, 1.807) is 47.7 Å². The SMILES string of the molecule is CC(C)CC1C(=O)O[C@H](Cc2ccc(Cn3cccn3)cc2)C(=O)N(C)[C@@]2(CC2(C)C)C(=O)O[C@H](C)C(=O)N(C)[C@@H](CC(C)C)C(=O)O[C@H](Cc2ccc(Cn3cccn3)cc2)C(=O)N(C)[C@@H](CC(C)C)C(=O)O[C@H](C)C(=O)N1C. The summed E-state index contributed by atoms with van der Waals surface area (Å²) >= 11 is 0. The predicted molar refractivity (Wildman–Crippen MR) is 296 cm³/mol. The van der Waals surface area contributed by atoms with E-state index in [4.69, 9.17) is 18.9 Å². The number of hydrogen-bond acceptors (Lipinski definition) is 14. The molecule has 1 saturated carbocycles. The fourth-order valence-corrected chi connectivity index (χ4v) is 10.5. The lowest BCUT2D eigenvalue weighted by Crippen LogP contribution is -2.56. The van der Waals surface area contributed by atoms with Gasteiger partial charge in [-0.3, -0.25) is 28.5 Å². The fourth-order valence-electron chi connectivity index (χ4n) is 10.5. The van der Waals surface area contributed by atoms with Crippen LogP contribution in [0.25, 0.3) is 0 Å². The lowest BCUT2D eigenvalue weighted by atomic mass is 9.99. The molecule has 1 spiro atoms. The summed E-state index contributed by atoms with van der Waals surface area (Å²) in [5.74, 6) is -7.16. The summed E-state index contributed by atoms with van der Waals surface area (Å²) in [6, 6.07) is 14.5. The Morgan fingerprint density at radius 3 is 1.19 bits per heavy atom. The van der Waals surface area contributed by atoms with Crippen LogP contribution in [0, 0.1) is 23.2 Å². The number of cyclic esters (lactones) is 4. The fraction of sp³-hybridized carbons (Fsp3) is 0.567. The van der Waals surface area contributed by atoms with Gasteiger partial charge in [0.1, 0.15) is 23.7 Å². The largest absolute Gasteiger partial charge is 0.451 e. The highest BCUT2D eigenvalue weighted by Gasteiger charge is 2.72. The third-order valence-electron chi connectivity index (χ3n) is 15.3. The van der Waals surface area contributed by atoms with Crippen molar-refractivity contribution in [3.8, 4) is 0 Å². The van der Waals surface area contributed by atoms with Crippen LogP contribution in [-0.4, -0.2) is 163 Å². The zero-order chi connectivity index (χ0) is 59.0. The molecule has 2 aliphatic rings. The van der Waals surface area contributed by atoms with Crippen LogP contribution < -0.4 is 0 Å². The van der Waals surface area contributed by atoms with Gasteiger partial charge in [0, 0.05) is 71.2 Å². The topological polar surface area (TPSA) is 222 Å². The minimum atomic E-state index is -1.63. The maximum atomic E-state index is 15.1. The number of nitrogens with zero attached hydrogens (tertiary/aromatic N) is 8. The Hall–Kier alpha value is -7.38. The molecule has 434 valence electrons. The van der Waals surface area contributed by atoms with Crippen LogP contribution in [0.5, 0.6) is 0 Å². The van der Waals surface area contributed by atoms with Gasteiger partial charge in [0.15, 0.2) is 24.4 Å². The number of carbonyl (C=O) groups is 8. The number of ether oxygens (including phenoxy) is 4. The Morgan fingerprint density at radius 2 is 0.838 bits per heavy atom. The first-order chi connectivity index (χ1) is 37.6. The standard InChI is InChI=1S/C60H82N8O12/c1-37(2)29-46-55(73)77-40(7)51(69)63(11)48(31-39(5)6)57(75)80-50(33-43-19-23-45(24-20-43)35-68-28-16-26-62-68)54(72)66(14)60(36-59(60,9)10)58(76)78-41(8)52(70)64(12)47(30-38(3)4)56(74)79-49(53(71)65(46)13)32-42-17-21-44(22-18-42)34-67-27-15-25-61-67/h15-28,37-41,46-50H,29-36H2,1-14H3/t40-,41-,46+,47+,48?,49-,50-,60+/m1/s1. The van der Waals surface area contributed by atoms with Gasteiger partial charge in [-0.2, -0.15) is 10.2 Å². The number of likely N-dealkylation sites (N-methyl/N-ethyl adjacent to an activating group) is 4. The van der Waals surface area contributed by atoms with Crippen molar-refractivity contribution in [1.29, 1.82) is 0 Å². The molecule has 4 aromatic rings. The Kier molecular flexibility index (Phi) is 20.3. The highest BCUT2D eigenvalue weighted by molar-refractivity contribution is 5.97. The zero-order valence-corrected chi connectivity index (χ0v) is 49.0. The molecule has 1 aliphatic heterocycles. The molecule has 0 radical (unpaired) electrons. The van der Waals surface area contributed by atoms with E-state index in [2.05, 4.69) is 10.2 Å². The molecule has 1 aliphatic carbocycles. The zero-order valence-electron chi connectivity index (χ0n) is 49.0. The average Bonchev–Trinajstić information content (AvgIpc) is 4.05. The molecule has 6 rings (SSSR count). The summed E-state index contributed by atoms with van der Waals surface area (Å²) in [7, 11) is 5.61. The molecule has 20 nitrogen and oxygen atoms in total. The maximum Gasteiger partial charge on any atom is 0.333 e. The van der Waals surface area contributed by atoms with Gasteiger partial charge in [-0.05, 0) is 91.7 Å². The molecular weight excluding hydrogens is 1020 g/mol. The number of amides is 4. The summed E-state index contributed by atoms with van der Waals surface area (Å²) in [6.45, 7) is 18.4. The molecule has 2 aromatic heterocycles. The van der Waals surface area contributed by atoms with Crippen LogP contribution in [0.1, 0.15) is 117 Å². The summed E-state index contributed by atoms with van der Waals surface area (Å²) < 4.78 is 27.9. The van der Waals surface area contributed by atoms with Crippen molar-refractivity contribution >= 4 is 47.5 Å². The average molecular weight is 1110 g/mol. The molecule has 2 aromatic carbocycles. The first kappa shape index (κ1) is 61.8. The van der Waals surface area contributed by atoms with E-state index < -0.39 is 101 Å². The number of benzene rings is 2. The first-order valence-corrected chi connectivity index (χ1v) is 27.6. The molecule has 1 unspecified atom stereocenters. The van der Waals surface area contributed by atoms with Gasteiger partial charge in [0.05, 0.1) is 13.1 Å². The minimum absolute atomic E-state index is 0.0855. The van der Waals surface area contributed by atoms with E-state index in [0.717, 1.165) is 25.8 Å². The molecule has 8 atom stereocenters. The van der Waals surface area contributed by atoms with E-state index in [9.17, 15) is 33.6 Å². The Labute approximate surface area is 470 Å². The van der Waals surface area contributed by atoms with Crippen LogP contribution in [0.2, 0.25) is 0 Å². The number of hydrogen-bond donors (Lipinski definition) is 0. The lowest BCUT2D eigenvalue weighted by Gasteiger charge is -2.36. The van der Waals surface area contributed by atoms with Gasteiger partial charge in [0.2, 0.25) is 0 Å². The Balaban J connectivity index is 1.40. The van der Waals surface area contributed by atoms with Crippen molar-refractivity contribution in [2.24, 2.45) is 23.2 Å². The van der Waals surface area contributed by atoms with Gasteiger partial charge >= 0.3 is 23.9 Å². The van der Waals surface area contributed by atoms with Gasteiger partial charge in [-0.1, -0.05) is 104 Å². The number of esters is 4. The summed E-state index contributed by atoms with van der Waals surface area (Å²) in [5.41, 5.74) is 0.558. The van der Waals surface area contributed by atoms with Crippen molar-refractivity contribution in [3.05, 3.63) is 108 Å². The highest BCUT2D eigenvalue weighted by atomic mass is 16.6. The van der Waals surface area contributed by atoms with Gasteiger partial charge in [-0.15, -0.1) is 0 Å². The van der Waals surface area contributed by atoms with Crippen LogP contribution in [-0.2, 0) is 83.2 Å². The minimum Gasteiger partial charge on any atom is -0.451 e. The lowest BCUT2D eigenvalue weighted by molar-refractivity contribution is -0.177. The van der Waals surface area contributed by atoms with Crippen molar-refractivity contribution in [2.45, 2.75) is 169 Å². The molecule has 80 heavy (non-hydrogen) atoms. The number of carbonyl (C=O) groups excluding carboxylic acids is 8. The molecule has 1 saturated heterocycles. The molecule has 3 heterocycles. The quantitative estimate of drug-likeness (QED) is 0.106. The van der Waals surface area contributed by atoms with Crippen LogP contribution in [0.4, 0.5) is 0 Å². The molecule has 4 amide bonds. The van der Waals surface area contributed by atoms with Gasteiger partial charge < -0.3 is 38.5 Å². The van der Waals surface area contributed by atoms with Crippen molar-refractivity contribution in [1.82, 2.24) is 39.2 Å². The van der Waals surface area contributed by atoms with Crippen molar-refractivity contribution < 1.29 is 57.3 Å². The smallest absolute Gasteiger partial charge is 0.333 e. The van der Waals surface area contributed by atoms with Crippen LogP contribution in [0.15, 0.2) is 85.5 Å². The summed E-state index contributed by atoms with van der Waals surface area (Å²) in [4.78, 5) is 122. The van der Waals surface area contributed by atoms with Crippen LogP contribution >= 0.6 is 0 Å². The first-order valence-electron chi connectivity index (χ1n) is 27.6. The van der Waals surface area contributed by atoms with E-state index in [1.807, 2.05) is 102 Å². The number of aromatic nitrogens is 4. The third-order valence-corrected chi connectivity index (χ3v) is 15.3. The second kappa shape index (κ2) is 26.3. The Bertz CT molecular complexity index is 2790. The summed E-state index contributed by atoms with van der Waals surface area (Å²) in [6.07, 6.45) is 1.13. The third kappa shape index (κ3) is 14.9.